The Morgan fingerprint density at radius 1 is 1.05 bits per heavy atom. The first-order valence-electron chi connectivity index (χ1n) is 7.17. The lowest BCUT2D eigenvalue weighted by molar-refractivity contribution is -0.148. The average Bonchev–Trinajstić information content (AvgIpc) is 2.73. The van der Waals surface area contributed by atoms with Crippen LogP contribution in [0.2, 0.25) is 0 Å². The van der Waals surface area contributed by atoms with Crippen molar-refractivity contribution < 1.29 is 19.7 Å². The lowest BCUT2D eigenvalue weighted by Gasteiger charge is -2.27. The van der Waals surface area contributed by atoms with Crippen molar-refractivity contribution in [2.45, 2.75) is 31.3 Å². The summed E-state index contributed by atoms with van der Waals surface area (Å²) in [5.41, 5.74) is -0.654. The van der Waals surface area contributed by atoms with E-state index in [9.17, 15) is 15.0 Å². The number of cyclic esters (lactones) is 1. The molecule has 1 atom stereocenters. The van der Waals surface area contributed by atoms with Crippen LogP contribution < -0.4 is 0 Å². The molecule has 1 heterocycles. The summed E-state index contributed by atoms with van der Waals surface area (Å²) in [6.45, 7) is 3.69. The van der Waals surface area contributed by atoms with E-state index < -0.39 is 17.0 Å². The number of carbonyl (C=O) groups is 1. The zero-order valence-electron chi connectivity index (χ0n) is 12.5. The molecule has 4 heteroatoms. The zero-order valence-corrected chi connectivity index (χ0v) is 12.5. The number of phenols is 2. The molecule has 0 saturated carbocycles. The fraction of sp³-hybridized carbons (Fsp3) is 0.278. The fourth-order valence-corrected chi connectivity index (χ4v) is 3.25. The first-order valence-corrected chi connectivity index (χ1v) is 7.17. The number of esters is 1. The molecule has 0 aliphatic carbocycles. The number of hydrogen-bond acceptors (Lipinski definition) is 4. The number of carbonyl (C=O) groups excluding carboxylic acids is 1. The number of aromatic hydroxyl groups is 2. The highest BCUT2D eigenvalue weighted by Crippen LogP contribution is 2.50. The van der Waals surface area contributed by atoms with Crippen LogP contribution in [0.15, 0.2) is 48.5 Å². The Balaban J connectivity index is 2.30. The van der Waals surface area contributed by atoms with E-state index in [0.717, 1.165) is 5.56 Å². The average molecular weight is 298 g/mol. The third-order valence-corrected chi connectivity index (χ3v) is 4.11. The largest absolute Gasteiger partial charge is 0.508 e. The second-order valence-electron chi connectivity index (χ2n) is 6.30. The second kappa shape index (κ2) is 4.77. The van der Waals surface area contributed by atoms with E-state index in [4.69, 9.17) is 4.74 Å². The van der Waals surface area contributed by atoms with Crippen molar-refractivity contribution in [1.29, 1.82) is 0 Å². The number of phenolic OH excluding ortho intramolecular Hbond substituents is 2. The van der Waals surface area contributed by atoms with Crippen LogP contribution >= 0.6 is 0 Å². The highest BCUT2D eigenvalue weighted by molar-refractivity contribution is 5.91. The molecule has 0 spiro atoms. The molecule has 0 radical (unpaired) electrons. The molecule has 2 aromatic rings. The van der Waals surface area contributed by atoms with Crippen LogP contribution in [0.3, 0.4) is 0 Å². The molecule has 0 bridgehead atoms. The Morgan fingerprint density at radius 3 is 2.32 bits per heavy atom. The van der Waals surface area contributed by atoms with Crippen molar-refractivity contribution in [1.82, 2.24) is 0 Å². The number of benzene rings is 2. The quantitative estimate of drug-likeness (QED) is 0.660. The van der Waals surface area contributed by atoms with Gasteiger partial charge in [-0.05, 0) is 37.6 Å². The van der Waals surface area contributed by atoms with Gasteiger partial charge in [0.05, 0.1) is 0 Å². The summed E-state index contributed by atoms with van der Waals surface area (Å²) in [6.07, 6.45) is 0.389. The number of hydrogen-bond donors (Lipinski definition) is 2. The van der Waals surface area contributed by atoms with Gasteiger partial charge in [-0.3, -0.25) is 4.79 Å². The Kier molecular flexibility index (Phi) is 3.13. The van der Waals surface area contributed by atoms with Crippen LogP contribution in [-0.2, 0) is 14.9 Å². The Hall–Kier alpha value is -2.49. The molecule has 22 heavy (non-hydrogen) atoms. The molecule has 0 amide bonds. The first kappa shape index (κ1) is 14.4. The molecule has 1 aliphatic heterocycles. The van der Waals surface area contributed by atoms with Gasteiger partial charge in [-0.1, -0.05) is 30.3 Å². The van der Waals surface area contributed by atoms with Gasteiger partial charge >= 0.3 is 5.97 Å². The van der Waals surface area contributed by atoms with Crippen LogP contribution in [0.25, 0.3) is 0 Å². The molecule has 2 N–H and O–H groups in total. The van der Waals surface area contributed by atoms with Crippen LogP contribution in [0.5, 0.6) is 11.5 Å². The van der Waals surface area contributed by atoms with Gasteiger partial charge in [0.15, 0.2) is 0 Å². The summed E-state index contributed by atoms with van der Waals surface area (Å²) >= 11 is 0. The van der Waals surface area contributed by atoms with Crippen molar-refractivity contribution >= 4 is 5.97 Å². The van der Waals surface area contributed by atoms with Crippen molar-refractivity contribution in [3.05, 3.63) is 59.7 Å². The van der Waals surface area contributed by atoms with Crippen molar-refractivity contribution in [2.24, 2.45) is 0 Å². The van der Waals surface area contributed by atoms with Gasteiger partial charge in [-0.25, -0.2) is 0 Å². The molecular formula is C18H18O4. The second-order valence-corrected chi connectivity index (χ2v) is 6.30. The summed E-state index contributed by atoms with van der Waals surface area (Å²) in [4.78, 5) is 12.8. The van der Waals surface area contributed by atoms with Crippen molar-refractivity contribution in [2.75, 3.05) is 0 Å². The fourth-order valence-electron chi connectivity index (χ4n) is 3.25. The summed E-state index contributed by atoms with van der Waals surface area (Å²) in [6, 6.07) is 13.5. The third kappa shape index (κ3) is 2.11. The summed E-state index contributed by atoms with van der Waals surface area (Å²) in [5.74, 6) is -0.443. The first-order chi connectivity index (χ1) is 10.3. The van der Waals surface area contributed by atoms with E-state index in [2.05, 4.69) is 0 Å². The van der Waals surface area contributed by atoms with Crippen LogP contribution in [0.1, 0.15) is 31.4 Å². The van der Waals surface area contributed by atoms with Gasteiger partial charge < -0.3 is 14.9 Å². The van der Waals surface area contributed by atoms with Crippen LogP contribution in [-0.4, -0.2) is 21.8 Å². The smallest absolute Gasteiger partial charge is 0.321 e. The zero-order chi connectivity index (χ0) is 16.0. The van der Waals surface area contributed by atoms with E-state index in [0.29, 0.717) is 12.0 Å². The SMILES string of the molecule is CC1(C)CC(c2ccccc2)(c2cc(O)ccc2O)C(=O)O1. The lowest BCUT2D eigenvalue weighted by Crippen LogP contribution is -2.33. The minimum Gasteiger partial charge on any atom is -0.508 e. The summed E-state index contributed by atoms with van der Waals surface area (Å²) in [7, 11) is 0. The van der Waals surface area contributed by atoms with E-state index >= 15 is 0 Å². The van der Waals surface area contributed by atoms with Gasteiger partial charge in [0.1, 0.15) is 22.5 Å². The highest BCUT2D eigenvalue weighted by atomic mass is 16.6. The molecular weight excluding hydrogens is 280 g/mol. The molecule has 1 unspecified atom stereocenters. The number of rotatable bonds is 2. The molecule has 0 aromatic heterocycles. The topological polar surface area (TPSA) is 66.8 Å². The Bertz CT molecular complexity index is 721. The molecule has 114 valence electrons. The number of ether oxygens (including phenoxy) is 1. The van der Waals surface area contributed by atoms with Crippen LogP contribution in [0, 0.1) is 0 Å². The summed E-state index contributed by atoms with van der Waals surface area (Å²) < 4.78 is 5.54. The lowest BCUT2D eigenvalue weighted by atomic mass is 9.70. The predicted molar refractivity (Wildman–Crippen MR) is 81.8 cm³/mol. The van der Waals surface area contributed by atoms with E-state index in [1.54, 1.807) is 0 Å². The van der Waals surface area contributed by atoms with Gasteiger partial charge in [0, 0.05) is 12.0 Å². The summed E-state index contributed by atoms with van der Waals surface area (Å²) in [5, 5.41) is 20.1. The third-order valence-electron chi connectivity index (χ3n) is 4.11. The van der Waals surface area contributed by atoms with E-state index in [1.165, 1.54) is 18.2 Å². The highest BCUT2D eigenvalue weighted by Gasteiger charge is 2.56. The van der Waals surface area contributed by atoms with Crippen molar-refractivity contribution in [3.63, 3.8) is 0 Å². The Labute approximate surface area is 129 Å². The van der Waals surface area contributed by atoms with Gasteiger partial charge in [-0.2, -0.15) is 0 Å². The minimum absolute atomic E-state index is 0.000567. The maximum absolute atomic E-state index is 12.8. The Morgan fingerprint density at radius 2 is 1.73 bits per heavy atom. The van der Waals surface area contributed by atoms with Gasteiger partial charge in [-0.15, -0.1) is 0 Å². The molecule has 2 aromatic carbocycles. The van der Waals surface area contributed by atoms with E-state index in [-0.39, 0.29) is 11.5 Å². The van der Waals surface area contributed by atoms with Gasteiger partial charge in [0.2, 0.25) is 0 Å². The van der Waals surface area contributed by atoms with Crippen molar-refractivity contribution in [3.8, 4) is 11.5 Å². The molecule has 4 nitrogen and oxygen atoms in total. The monoisotopic (exact) mass is 298 g/mol. The predicted octanol–water partition coefficient (Wildman–Crippen LogP) is 3.11. The minimum atomic E-state index is -1.12. The standard InChI is InChI=1S/C18H18O4/c1-17(2)11-18(16(21)22-17,12-6-4-3-5-7-12)14-10-13(19)8-9-15(14)20/h3-10,19-20H,11H2,1-2H3. The van der Waals surface area contributed by atoms with Crippen LogP contribution in [0.4, 0.5) is 0 Å². The van der Waals surface area contributed by atoms with Gasteiger partial charge in [0.25, 0.3) is 0 Å². The van der Waals surface area contributed by atoms with E-state index in [1.807, 2.05) is 44.2 Å². The molecule has 3 rings (SSSR count). The maximum atomic E-state index is 12.8. The molecule has 1 saturated heterocycles. The molecule has 1 fully saturated rings. The molecule has 1 aliphatic rings. The maximum Gasteiger partial charge on any atom is 0.321 e. The normalized spacial score (nSPS) is 23.3.